The van der Waals surface area contributed by atoms with E-state index in [1.165, 1.54) is 11.8 Å². The molecular formula is C11H11N3O2S. The fraction of sp³-hybridized carbons (Fsp3) is 0.182. The van der Waals surface area contributed by atoms with Crippen molar-refractivity contribution in [2.75, 3.05) is 0 Å². The van der Waals surface area contributed by atoms with Gasteiger partial charge in [0, 0.05) is 11.9 Å². The van der Waals surface area contributed by atoms with Crippen LogP contribution >= 0.6 is 11.8 Å². The van der Waals surface area contributed by atoms with E-state index in [1.54, 1.807) is 24.5 Å². The molecule has 2 rings (SSSR count). The predicted molar refractivity (Wildman–Crippen MR) is 63.3 cm³/mol. The number of aryl methyl sites for hydroxylation is 2. The van der Waals surface area contributed by atoms with Crippen LogP contribution < -0.4 is 0 Å². The molecule has 0 aliphatic heterocycles. The molecule has 2 aromatic rings. The molecule has 0 fully saturated rings. The number of carboxylic acids is 1. The molecule has 0 atom stereocenters. The van der Waals surface area contributed by atoms with Gasteiger partial charge >= 0.3 is 5.97 Å². The van der Waals surface area contributed by atoms with Crippen LogP contribution in [0.4, 0.5) is 0 Å². The number of benzene rings is 1. The standard InChI is InChI=1S/C11H11N3O2S/c1-7-5-8(10(15)16)3-4-9(7)17-11-13-12-6-14(11)2/h3-6H,1-2H3,(H,15,16). The highest BCUT2D eigenvalue weighted by molar-refractivity contribution is 7.99. The van der Waals surface area contributed by atoms with Crippen LogP contribution in [0.25, 0.3) is 0 Å². The first-order chi connectivity index (χ1) is 8.08. The van der Waals surface area contributed by atoms with Gasteiger partial charge < -0.3 is 9.67 Å². The van der Waals surface area contributed by atoms with Crippen LogP contribution in [-0.4, -0.2) is 25.8 Å². The molecule has 1 N–H and O–H groups in total. The van der Waals surface area contributed by atoms with E-state index in [-0.39, 0.29) is 0 Å². The summed E-state index contributed by atoms with van der Waals surface area (Å²) in [5.74, 6) is -0.914. The van der Waals surface area contributed by atoms with Crippen molar-refractivity contribution in [2.45, 2.75) is 17.0 Å². The zero-order valence-electron chi connectivity index (χ0n) is 9.41. The molecule has 6 heteroatoms. The van der Waals surface area contributed by atoms with Gasteiger partial charge in [0.25, 0.3) is 0 Å². The van der Waals surface area contributed by atoms with E-state index in [9.17, 15) is 4.79 Å². The van der Waals surface area contributed by atoms with Gasteiger partial charge in [-0.2, -0.15) is 0 Å². The lowest BCUT2D eigenvalue weighted by Crippen LogP contribution is -1.97. The Hall–Kier alpha value is -1.82. The van der Waals surface area contributed by atoms with E-state index < -0.39 is 5.97 Å². The summed E-state index contributed by atoms with van der Waals surface area (Å²) in [7, 11) is 1.86. The summed E-state index contributed by atoms with van der Waals surface area (Å²) in [6, 6.07) is 5.03. The van der Waals surface area contributed by atoms with Crippen LogP contribution in [0.3, 0.4) is 0 Å². The third-order valence-electron chi connectivity index (χ3n) is 2.29. The molecule has 1 heterocycles. The van der Waals surface area contributed by atoms with Gasteiger partial charge in [-0.15, -0.1) is 10.2 Å². The van der Waals surface area contributed by atoms with Gasteiger partial charge in [0.05, 0.1) is 5.56 Å². The molecule has 0 bridgehead atoms. The molecule has 0 aliphatic rings. The second kappa shape index (κ2) is 4.58. The largest absolute Gasteiger partial charge is 0.478 e. The molecule has 0 radical (unpaired) electrons. The van der Waals surface area contributed by atoms with Crippen molar-refractivity contribution >= 4 is 17.7 Å². The fourth-order valence-electron chi connectivity index (χ4n) is 1.36. The maximum atomic E-state index is 10.8. The second-order valence-electron chi connectivity index (χ2n) is 3.61. The lowest BCUT2D eigenvalue weighted by atomic mass is 10.1. The quantitative estimate of drug-likeness (QED) is 0.900. The number of aromatic nitrogens is 3. The Bertz CT molecular complexity index is 566. The number of carbonyl (C=O) groups is 1. The van der Waals surface area contributed by atoms with Crippen molar-refractivity contribution in [3.05, 3.63) is 35.7 Å². The Morgan fingerprint density at radius 2 is 2.24 bits per heavy atom. The van der Waals surface area contributed by atoms with Gasteiger partial charge in [-0.3, -0.25) is 0 Å². The van der Waals surface area contributed by atoms with E-state index in [4.69, 9.17) is 5.11 Å². The molecule has 0 aliphatic carbocycles. The van der Waals surface area contributed by atoms with Crippen molar-refractivity contribution in [1.29, 1.82) is 0 Å². The summed E-state index contributed by atoms with van der Waals surface area (Å²) in [6.45, 7) is 1.88. The summed E-state index contributed by atoms with van der Waals surface area (Å²) >= 11 is 1.46. The maximum absolute atomic E-state index is 10.8. The minimum atomic E-state index is -0.914. The van der Waals surface area contributed by atoms with Gasteiger partial charge in [-0.05, 0) is 42.4 Å². The first kappa shape index (κ1) is 11.7. The lowest BCUT2D eigenvalue weighted by molar-refractivity contribution is 0.0696. The zero-order chi connectivity index (χ0) is 12.4. The Morgan fingerprint density at radius 1 is 1.47 bits per heavy atom. The average molecular weight is 249 g/mol. The summed E-state index contributed by atoms with van der Waals surface area (Å²) in [5, 5.41) is 17.4. The highest BCUT2D eigenvalue weighted by atomic mass is 32.2. The van der Waals surface area contributed by atoms with Crippen molar-refractivity contribution in [1.82, 2.24) is 14.8 Å². The minimum Gasteiger partial charge on any atom is -0.478 e. The monoisotopic (exact) mass is 249 g/mol. The molecule has 0 saturated carbocycles. The molecule has 0 unspecified atom stereocenters. The first-order valence-corrected chi connectivity index (χ1v) is 5.75. The van der Waals surface area contributed by atoms with Crippen LogP contribution in [0.2, 0.25) is 0 Å². The van der Waals surface area contributed by atoms with Gasteiger partial charge in [0.15, 0.2) is 5.16 Å². The molecule has 0 spiro atoms. The average Bonchev–Trinajstić information content (AvgIpc) is 2.67. The van der Waals surface area contributed by atoms with Gasteiger partial charge in [0.2, 0.25) is 0 Å². The van der Waals surface area contributed by atoms with Crippen LogP contribution in [0, 0.1) is 6.92 Å². The molecule has 5 nitrogen and oxygen atoms in total. The smallest absolute Gasteiger partial charge is 0.335 e. The van der Waals surface area contributed by atoms with Gasteiger partial charge in [-0.25, -0.2) is 4.79 Å². The first-order valence-electron chi connectivity index (χ1n) is 4.93. The van der Waals surface area contributed by atoms with Crippen molar-refractivity contribution in [3.63, 3.8) is 0 Å². The SMILES string of the molecule is Cc1cc(C(=O)O)ccc1Sc1nncn1C. The summed E-state index contributed by atoms with van der Waals surface area (Å²) in [4.78, 5) is 11.8. The summed E-state index contributed by atoms with van der Waals surface area (Å²) < 4.78 is 1.81. The predicted octanol–water partition coefficient (Wildman–Crippen LogP) is 1.97. The molecule has 17 heavy (non-hydrogen) atoms. The number of carboxylic acid groups (broad SMARTS) is 1. The van der Waals surface area contributed by atoms with E-state index >= 15 is 0 Å². The van der Waals surface area contributed by atoms with Gasteiger partial charge in [-0.1, -0.05) is 0 Å². The van der Waals surface area contributed by atoms with E-state index in [0.29, 0.717) is 5.56 Å². The van der Waals surface area contributed by atoms with E-state index in [2.05, 4.69) is 10.2 Å². The molecule has 1 aromatic heterocycles. The van der Waals surface area contributed by atoms with Crippen LogP contribution in [0.5, 0.6) is 0 Å². The fourth-order valence-corrected chi connectivity index (χ4v) is 2.19. The minimum absolute atomic E-state index is 0.296. The highest BCUT2D eigenvalue weighted by Crippen LogP contribution is 2.28. The van der Waals surface area contributed by atoms with Crippen molar-refractivity contribution in [2.24, 2.45) is 7.05 Å². The number of aromatic carboxylic acids is 1. The van der Waals surface area contributed by atoms with Crippen LogP contribution in [0.1, 0.15) is 15.9 Å². The molecule has 1 aromatic carbocycles. The molecule has 0 amide bonds. The second-order valence-corrected chi connectivity index (χ2v) is 4.62. The third kappa shape index (κ3) is 2.47. The van der Waals surface area contributed by atoms with E-state index in [1.807, 2.05) is 18.5 Å². The van der Waals surface area contributed by atoms with Crippen LogP contribution in [-0.2, 0) is 7.05 Å². The number of hydrogen-bond acceptors (Lipinski definition) is 4. The number of rotatable bonds is 3. The van der Waals surface area contributed by atoms with E-state index in [0.717, 1.165) is 15.6 Å². The summed E-state index contributed by atoms with van der Waals surface area (Å²) in [5.41, 5.74) is 1.21. The lowest BCUT2D eigenvalue weighted by Gasteiger charge is -2.05. The molecular weight excluding hydrogens is 238 g/mol. The topological polar surface area (TPSA) is 68.0 Å². The Labute approximate surface area is 102 Å². The Morgan fingerprint density at radius 3 is 2.76 bits per heavy atom. The Balaban J connectivity index is 2.29. The normalized spacial score (nSPS) is 10.5. The van der Waals surface area contributed by atoms with Crippen molar-refractivity contribution in [3.8, 4) is 0 Å². The molecule has 88 valence electrons. The van der Waals surface area contributed by atoms with Gasteiger partial charge in [0.1, 0.15) is 6.33 Å². The van der Waals surface area contributed by atoms with Crippen molar-refractivity contribution < 1.29 is 9.90 Å². The number of hydrogen-bond donors (Lipinski definition) is 1. The maximum Gasteiger partial charge on any atom is 0.335 e. The Kier molecular flexibility index (Phi) is 3.14. The molecule has 0 saturated heterocycles. The van der Waals surface area contributed by atoms with Crippen LogP contribution in [0.15, 0.2) is 34.6 Å². The highest BCUT2D eigenvalue weighted by Gasteiger charge is 2.09. The summed E-state index contributed by atoms with van der Waals surface area (Å²) in [6.07, 6.45) is 1.63. The third-order valence-corrected chi connectivity index (χ3v) is 3.52. The zero-order valence-corrected chi connectivity index (χ0v) is 10.2. The number of nitrogens with zero attached hydrogens (tertiary/aromatic N) is 3.